The predicted octanol–water partition coefficient (Wildman–Crippen LogP) is 3.08. The summed E-state index contributed by atoms with van der Waals surface area (Å²) in [5.74, 6) is 0.957. The Kier molecular flexibility index (Phi) is 3.36. The molecule has 98 valence electrons. The molecular weight excluding hydrogens is 234 g/mol. The fraction of sp³-hybridized carbons (Fsp3) is 0.312. The van der Waals surface area contributed by atoms with Crippen LogP contribution in [0.2, 0.25) is 0 Å². The van der Waals surface area contributed by atoms with Crippen LogP contribution in [0.5, 0.6) is 0 Å². The number of aromatic nitrogens is 1. The molecule has 1 N–H and O–H groups in total. The monoisotopic (exact) mass is 253 g/mol. The first-order chi connectivity index (χ1) is 9.36. The largest absolute Gasteiger partial charge is 0.370 e. The Labute approximate surface area is 114 Å². The van der Waals surface area contributed by atoms with E-state index in [1.807, 2.05) is 6.20 Å². The zero-order chi connectivity index (χ0) is 13.1. The third-order valence-corrected chi connectivity index (χ3v) is 3.60. The van der Waals surface area contributed by atoms with Gasteiger partial charge in [-0.25, -0.2) is 4.98 Å². The van der Waals surface area contributed by atoms with Gasteiger partial charge in [0, 0.05) is 37.6 Å². The molecule has 0 bridgehead atoms. The zero-order valence-electron chi connectivity index (χ0n) is 11.3. The molecule has 0 unspecified atom stereocenters. The standard InChI is InChI=1S/C16H19N3/c1-2-17-16-11-15(7-9-18-16)19-10-8-13-5-3-4-6-14(13)12-19/h3-7,9,11H,2,8,10,12H2,1H3,(H,17,18). The molecular formula is C16H19N3. The third-order valence-electron chi connectivity index (χ3n) is 3.60. The van der Waals surface area contributed by atoms with Gasteiger partial charge >= 0.3 is 0 Å². The molecule has 0 spiro atoms. The summed E-state index contributed by atoms with van der Waals surface area (Å²) in [7, 11) is 0. The van der Waals surface area contributed by atoms with Gasteiger partial charge in [-0.1, -0.05) is 24.3 Å². The Morgan fingerprint density at radius 2 is 2.05 bits per heavy atom. The quantitative estimate of drug-likeness (QED) is 0.911. The second kappa shape index (κ2) is 5.31. The van der Waals surface area contributed by atoms with E-state index in [-0.39, 0.29) is 0 Å². The molecule has 0 saturated carbocycles. The number of nitrogens with zero attached hydrogens (tertiary/aromatic N) is 2. The van der Waals surface area contributed by atoms with Gasteiger partial charge < -0.3 is 10.2 Å². The van der Waals surface area contributed by atoms with E-state index in [1.165, 1.54) is 16.8 Å². The maximum absolute atomic E-state index is 4.33. The summed E-state index contributed by atoms with van der Waals surface area (Å²) in [5.41, 5.74) is 4.18. The van der Waals surface area contributed by atoms with Crippen molar-refractivity contribution in [1.82, 2.24) is 4.98 Å². The van der Waals surface area contributed by atoms with Crippen molar-refractivity contribution in [3.05, 3.63) is 53.7 Å². The van der Waals surface area contributed by atoms with E-state index in [4.69, 9.17) is 0 Å². The molecule has 2 aromatic rings. The van der Waals surface area contributed by atoms with Gasteiger partial charge in [0.2, 0.25) is 0 Å². The van der Waals surface area contributed by atoms with E-state index in [0.29, 0.717) is 0 Å². The van der Waals surface area contributed by atoms with Crippen LogP contribution in [0.1, 0.15) is 18.1 Å². The minimum Gasteiger partial charge on any atom is -0.370 e. The molecule has 1 aliphatic rings. The van der Waals surface area contributed by atoms with E-state index in [9.17, 15) is 0 Å². The Bertz CT molecular complexity index is 565. The summed E-state index contributed by atoms with van der Waals surface area (Å²) in [5, 5.41) is 3.27. The number of hydrogen-bond donors (Lipinski definition) is 1. The fourth-order valence-corrected chi connectivity index (χ4v) is 2.61. The smallest absolute Gasteiger partial charge is 0.127 e. The van der Waals surface area contributed by atoms with Crippen molar-refractivity contribution in [1.29, 1.82) is 0 Å². The summed E-state index contributed by atoms with van der Waals surface area (Å²) in [6.45, 7) is 5.06. The topological polar surface area (TPSA) is 28.2 Å². The van der Waals surface area contributed by atoms with Gasteiger partial charge in [-0.2, -0.15) is 0 Å². The highest BCUT2D eigenvalue weighted by atomic mass is 15.1. The van der Waals surface area contributed by atoms with E-state index in [0.717, 1.165) is 31.9 Å². The normalized spacial score (nSPS) is 14.1. The molecule has 1 aromatic carbocycles. The highest BCUT2D eigenvalue weighted by Gasteiger charge is 2.16. The molecule has 0 aliphatic carbocycles. The molecule has 0 radical (unpaired) electrons. The molecule has 3 heteroatoms. The van der Waals surface area contributed by atoms with Crippen LogP contribution in [0, 0.1) is 0 Å². The van der Waals surface area contributed by atoms with Gasteiger partial charge in [-0.3, -0.25) is 0 Å². The molecule has 19 heavy (non-hydrogen) atoms. The first-order valence-electron chi connectivity index (χ1n) is 6.88. The van der Waals surface area contributed by atoms with Gasteiger partial charge in [0.25, 0.3) is 0 Å². The van der Waals surface area contributed by atoms with Crippen LogP contribution >= 0.6 is 0 Å². The van der Waals surface area contributed by atoms with E-state index < -0.39 is 0 Å². The van der Waals surface area contributed by atoms with E-state index >= 15 is 0 Å². The predicted molar refractivity (Wildman–Crippen MR) is 79.6 cm³/mol. The highest BCUT2D eigenvalue weighted by Crippen LogP contribution is 2.25. The lowest BCUT2D eigenvalue weighted by Gasteiger charge is -2.30. The molecule has 1 aliphatic heterocycles. The lowest BCUT2D eigenvalue weighted by atomic mass is 9.99. The van der Waals surface area contributed by atoms with Crippen LogP contribution in [-0.4, -0.2) is 18.1 Å². The fourth-order valence-electron chi connectivity index (χ4n) is 2.61. The first kappa shape index (κ1) is 12.0. The summed E-state index contributed by atoms with van der Waals surface area (Å²) < 4.78 is 0. The molecule has 0 saturated heterocycles. The van der Waals surface area contributed by atoms with E-state index in [2.05, 4.69) is 58.5 Å². The highest BCUT2D eigenvalue weighted by molar-refractivity contribution is 5.55. The summed E-state index contributed by atoms with van der Waals surface area (Å²) in [4.78, 5) is 6.75. The van der Waals surface area contributed by atoms with Gasteiger partial charge in [0.1, 0.15) is 5.82 Å². The first-order valence-corrected chi connectivity index (χ1v) is 6.88. The Morgan fingerprint density at radius 3 is 2.89 bits per heavy atom. The minimum absolute atomic E-state index is 0.902. The summed E-state index contributed by atoms with van der Waals surface area (Å²) in [6, 6.07) is 13.0. The van der Waals surface area contributed by atoms with Crippen LogP contribution in [0.4, 0.5) is 11.5 Å². The second-order valence-electron chi connectivity index (χ2n) is 4.87. The molecule has 3 rings (SSSR count). The molecule has 3 nitrogen and oxygen atoms in total. The maximum atomic E-state index is 4.33. The van der Waals surface area contributed by atoms with Crippen LogP contribution < -0.4 is 10.2 Å². The molecule has 2 heterocycles. The average Bonchev–Trinajstić information content (AvgIpc) is 2.47. The van der Waals surface area contributed by atoms with Gasteiger partial charge in [-0.05, 0) is 30.5 Å². The Morgan fingerprint density at radius 1 is 1.21 bits per heavy atom. The number of fused-ring (bicyclic) bond motifs is 1. The Hall–Kier alpha value is -2.03. The number of hydrogen-bond acceptors (Lipinski definition) is 3. The van der Waals surface area contributed by atoms with Crippen molar-refractivity contribution in [2.75, 3.05) is 23.3 Å². The SMILES string of the molecule is CCNc1cc(N2CCc3ccccc3C2)ccn1. The van der Waals surface area contributed by atoms with E-state index in [1.54, 1.807) is 0 Å². The van der Waals surface area contributed by atoms with Crippen molar-refractivity contribution < 1.29 is 0 Å². The van der Waals surface area contributed by atoms with Crippen LogP contribution in [0.25, 0.3) is 0 Å². The Balaban J connectivity index is 1.82. The van der Waals surface area contributed by atoms with Crippen molar-refractivity contribution >= 4 is 11.5 Å². The number of anilines is 2. The van der Waals surface area contributed by atoms with Crippen molar-refractivity contribution in [2.45, 2.75) is 19.9 Å². The summed E-state index contributed by atoms with van der Waals surface area (Å²) in [6.07, 6.45) is 3.00. The van der Waals surface area contributed by atoms with Crippen molar-refractivity contribution in [3.8, 4) is 0 Å². The molecule has 0 atom stereocenters. The van der Waals surface area contributed by atoms with Crippen LogP contribution in [0.3, 0.4) is 0 Å². The minimum atomic E-state index is 0.902. The summed E-state index contributed by atoms with van der Waals surface area (Å²) >= 11 is 0. The number of rotatable bonds is 3. The third kappa shape index (κ3) is 2.55. The maximum Gasteiger partial charge on any atom is 0.127 e. The molecule has 0 fully saturated rings. The zero-order valence-corrected chi connectivity index (χ0v) is 11.3. The van der Waals surface area contributed by atoms with Crippen molar-refractivity contribution in [3.63, 3.8) is 0 Å². The number of benzene rings is 1. The second-order valence-corrected chi connectivity index (χ2v) is 4.87. The lowest BCUT2D eigenvalue weighted by Crippen LogP contribution is -2.30. The van der Waals surface area contributed by atoms with Gasteiger partial charge in [0.15, 0.2) is 0 Å². The van der Waals surface area contributed by atoms with Crippen LogP contribution in [0.15, 0.2) is 42.6 Å². The average molecular weight is 253 g/mol. The number of pyridine rings is 1. The number of nitrogens with one attached hydrogen (secondary N) is 1. The lowest BCUT2D eigenvalue weighted by molar-refractivity contribution is 0.731. The van der Waals surface area contributed by atoms with Gasteiger partial charge in [0.05, 0.1) is 0 Å². The van der Waals surface area contributed by atoms with Gasteiger partial charge in [-0.15, -0.1) is 0 Å². The van der Waals surface area contributed by atoms with Crippen molar-refractivity contribution in [2.24, 2.45) is 0 Å². The molecule has 0 amide bonds. The van der Waals surface area contributed by atoms with Crippen LogP contribution in [-0.2, 0) is 13.0 Å². The molecule has 1 aromatic heterocycles.